The summed E-state index contributed by atoms with van der Waals surface area (Å²) in [5.74, 6) is -1.42. The van der Waals surface area contributed by atoms with E-state index in [1.165, 1.54) is 0 Å². The number of ether oxygens (including phenoxy) is 2. The smallest absolute Gasteiger partial charge is 0.227 e. The lowest BCUT2D eigenvalue weighted by atomic mass is 9.81. The molecule has 0 aromatic carbocycles. The van der Waals surface area contributed by atoms with Crippen LogP contribution in [0.4, 0.5) is 0 Å². The van der Waals surface area contributed by atoms with Crippen molar-refractivity contribution in [3.63, 3.8) is 0 Å². The van der Waals surface area contributed by atoms with Gasteiger partial charge in [0.15, 0.2) is 0 Å². The van der Waals surface area contributed by atoms with E-state index in [0.29, 0.717) is 6.42 Å². The Balaban J connectivity index is 1.75. The van der Waals surface area contributed by atoms with Gasteiger partial charge >= 0.3 is 0 Å². The monoisotopic (exact) mass is 282 g/mol. The Morgan fingerprint density at radius 1 is 1.10 bits per heavy atom. The van der Waals surface area contributed by atoms with E-state index in [-0.39, 0.29) is 23.4 Å². The minimum Gasteiger partial charge on any atom is -0.366 e. The number of fused-ring (bicyclic) bond motifs is 3. The molecule has 4 rings (SSSR count). The van der Waals surface area contributed by atoms with E-state index in [1.54, 1.807) is 0 Å². The topological polar surface area (TPSA) is 63.8 Å². The summed E-state index contributed by atoms with van der Waals surface area (Å²) < 4.78 is 11.6. The van der Waals surface area contributed by atoms with Gasteiger partial charge in [0.05, 0.1) is 17.3 Å². The van der Waals surface area contributed by atoms with Crippen LogP contribution in [-0.4, -0.2) is 39.9 Å². The van der Waals surface area contributed by atoms with Crippen LogP contribution in [0.25, 0.3) is 0 Å². The van der Waals surface area contributed by atoms with Gasteiger partial charge in [0.2, 0.25) is 5.79 Å². The van der Waals surface area contributed by atoms with Gasteiger partial charge in [-0.1, -0.05) is 0 Å². The van der Waals surface area contributed by atoms with Crippen molar-refractivity contribution in [2.45, 2.75) is 81.8 Å². The highest BCUT2D eigenvalue weighted by Crippen LogP contribution is 2.55. The second-order valence-electron chi connectivity index (χ2n) is 7.53. The molecule has 20 heavy (non-hydrogen) atoms. The van der Waals surface area contributed by atoms with Crippen LogP contribution in [-0.2, 0) is 19.2 Å². The third-order valence-corrected chi connectivity index (χ3v) is 5.25. The normalized spacial score (nSPS) is 56.1. The average Bonchev–Trinajstić information content (AvgIpc) is 3.15. The summed E-state index contributed by atoms with van der Waals surface area (Å²) in [6.45, 7) is 7.93. The molecule has 4 aliphatic rings. The van der Waals surface area contributed by atoms with E-state index in [4.69, 9.17) is 19.2 Å². The predicted octanol–water partition coefficient (Wildman–Crippen LogP) is 1.84. The van der Waals surface area contributed by atoms with E-state index < -0.39 is 11.4 Å². The zero-order chi connectivity index (χ0) is 14.4. The van der Waals surface area contributed by atoms with Crippen molar-refractivity contribution < 1.29 is 24.4 Å². The van der Waals surface area contributed by atoms with Crippen LogP contribution in [0.5, 0.6) is 0 Å². The molecule has 1 N–H and O–H groups in total. The summed E-state index contributed by atoms with van der Waals surface area (Å²) in [5, 5.41) is 10.9. The zero-order valence-electron chi connectivity index (χ0n) is 12.4. The maximum Gasteiger partial charge on any atom is 0.227 e. The molecule has 3 heterocycles. The van der Waals surface area contributed by atoms with Crippen LogP contribution in [0.1, 0.15) is 47.0 Å². The third kappa shape index (κ3) is 1.74. The summed E-state index contributed by atoms with van der Waals surface area (Å²) >= 11 is 0. The molecule has 0 bridgehead atoms. The fourth-order valence-corrected chi connectivity index (χ4v) is 3.71. The van der Waals surface area contributed by atoms with Crippen LogP contribution in [0.3, 0.4) is 0 Å². The van der Waals surface area contributed by atoms with Crippen molar-refractivity contribution in [2.75, 3.05) is 0 Å². The molecular formula is C15H22O5. The molecule has 5 nitrogen and oxygen atoms in total. The van der Waals surface area contributed by atoms with E-state index in [1.807, 2.05) is 26.8 Å². The van der Waals surface area contributed by atoms with Gasteiger partial charge < -0.3 is 14.6 Å². The summed E-state index contributed by atoms with van der Waals surface area (Å²) in [4.78, 5) is 10.7. The van der Waals surface area contributed by atoms with E-state index in [9.17, 15) is 5.11 Å². The molecule has 3 aliphatic heterocycles. The van der Waals surface area contributed by atoms with E-state index >= 15 is 0 Å². The molecule has 5 heteroatoms. The van der Waals surface area contributed by atoms with Gasteiger partial charge in [-0.25, -0.2) is 4.89 Å². The minimum absolute atomic E-state index is 0.0247. The van der Waals surface area contributed by atoms with Crippen LogP contribution >= 0.6 is 0 Å². The molecule has 0 aromatic heterocycles. The quantitative estimate of drug-likeness (QED) is 0.417. The van der Waals surface area contributed by atoms with Gasteiger partial charge in [0.25, 0.3) is 0 Å². The van der Waals surface area contributed by atoms with Gasteiger partial charge in [-0.05, 0) is 46.6 Å². The third-order valence-electron chi connectivity index (χ3n) is 5.25. The van der Waals surface area contributed by atoms with Crippen molar-refractivity contribution in [3.8, 4) is 0 Å². The predicted molar refractivity (Wildman–Crippen MR) is 69.7 cm³/mol. The molecule has 0 saturated carbocycles. The Hall–Kier alpha value is -0.460. The van der Waals surface area contributed by atoms with E-state index in [0.717, 1.165) is 18.4 Å². The molecule has 0 aromatic rings. The summed E-state index contributed by atoms with van der Waals surface area (Å²) in [6.07, 6.45) is 4.49. The van der Waals surface area contributed by atoms with Gasteiger partial charge in [-0.2, -0.15) is 4.89 Å². The fraction of sp³-hybridized carbons (Fsp3) is 0.867. The van der Waals surface area contributed by atoms with Gasteiger partial charge in [0.1, 0.15) is 11.7 Å². The maximum absolute atomic E-state index is 10.9. The highest BCUT2D eigenvalue weighted by Gasteiger charge is 2.64. The molecular weight excluding hydrogens is 260 g/mol. The molecule has 5 unspecified atom stereocenters. The zero-order valence-corrected chi connectivity index (χ0v) is 12.4. The van der Waals surface area contributed by atoms with Crippen molar-refractivity contribution in [2.24, 2.45) is 0 Å². The molecule has 112 valence electrons. The molecule has 5 atom stereocenters. The van der Waals surface area contributed by atoms with Gasteiger partial charge in [-0.3, -0.25) is 0 Å². The average molecular weight is 282 g/mol. The number of rotatable bonds is 0. The Morgan fingerprint density at radius 2 is 1.85 bits per heavy atom. The molecule has 3 fully saturated rings. The van der Waals surface area contributed by atoms with Crippen molar-refractivity contribution >= 4 is 0 Å². The number of hydrogen-bond acceptors (Lipinski definition) is 5. The summed E-state index contributed by atoms with van der Waals surface area (Å²) in [7, 11) is 0. The van der Waals surface area contributed by atoms with Gasteiger partial charge in [0, 0.05) is 12.0 Å². The molecule has 3 saturated heterocycles. The standard InChI is InChI=1S/C15H22O5/c1-12(2)9-7-11-13(3,18-11)6-5-10-14(4,17-10)8-15(9,16)20-19-12/h7,10-11,16H,5-6,8H2,1-4H3. The molecule has 1 aliphatic carbocycles. The molecule has 0 radical (unpaired) electrons. The van der Waals surface area contributed by atoms with Crippen molar-refractivity contribution in [3.05, 3.63) is 11.6 Å². The van der Waals surface area contributed by atoms with Gasteiger partial charge in [-0.15, -0.1) is 0 Å². The van der Waals surface area contributed by atoms with Crippen molar-refractivity contribution in [1.82, 2.24) is 0 Å². The minimum atomic E-state index is -1.42. The molecule has 0 spiro atoms. The lowest BCUT2D eigenvalue weighted by Gasteiger charge is -2.26. The number of aliphatic hydroxyl groups is 1. The van der Waals surface area contributed by atoms with Crippen LogP contribution in [0.2, 0.25) is 0 Å². The summed E-state index contributed by atoms with van der Waals surface area (Å²) in [5.41, 5.74) is -0.385. The second kappa shape index (κ2) is 3.47. The SMILES string of the molecule is CC1(C)OOC2(O)CC3(C)OC3CCC3(C)OC3C=C12. The Labute approximate surface area is 118 Å². The number of hydrogen-bond donors (Lipinski definition) is 1. The largest absolute Gasteiger partial charge is 0.366 e. The summed E-state index contributed by atoms with van der Waals surface area (Å²) in [6, 6.07) is 0. The highest BCUT2D eigenvalue weighted by atomic mass is 17.2. The first-order valence-corrected chi connectivity index (χ1v) is 7.35. The fourth-order valence-electron chi connectivity index (χ4n) is 3.71. The Kier molecular flexibility index (Phi) is 2.29. The first-order valence-electron chi connectivity index (χ1n) is 7.35. The lowest BCUT2D eigenvalue weighted by Crippen LogP contribution is -2.39. The Morgan fingerprint density at radius 3 is 2.60 bits per heavy atom. The second-order valence-corrected chi connectivity index (χ2v) is 7.53. The first kappa shape index (κ1) is 13.2. The maximum atomic E-state index is 10.9. The highest BCUT2D eigenvalue weighted by molar-refractivity contribution is 5.32. The first-order chi connectivity index (χ1) is 9.17. The molecule has 0 amide bonds. The van der Waals surface area contributed by atoms with Crippen LogP contribution < -0.4 is 0 Å². The van der Waals surface area contributed by atoms with Crippen LogP contribution in [0.15, 0.2) is 11.6 Å². The lowest BCUT2D eigenvalue weighted by molar-refractivity contribution is -0.391. The van der Waals surface area contributed by atoms with Crippen LogP contribution in [0, 0.1) is 0 Å². The number of epoxide rings is 2. The Bertz CT molecular complexity index is 500. The van der Waals surface area contributed by atoms with E-state index in [2.05, 4.69) is 6.92 Å². The van der Waals surface area contributed by atoms with Crippen molar-refractivity contribution in [1.29, 1.82) is 0 Å².